The number of carbonyl (C=O) groups is 10. The molecule has 88 heavy (non-hydrogen) atoms. The molecule has 1 fully saturated rings. The smallest absolute Gasteiger partial charge is 0.246 e. The van der Waals surface area contributed by atoms with Crippen molar-refractivity contribution >= 4 is 59.1 Å². The zero-order chi connectivity index (χ0) is 65.8. The number of amides is 10. The highest BCUT2D eigenvalue weighted by Gasteiger charge is 2.42. The Bertz CT molecular complexity index is 2590. The van der Waals surface area contributed by atoms with Crippen LogP contribution in [0.15, 0.2) is 54.6 Å². The fourth-order valence-electron chi connectivity index (χ4n) is 10.2. The zero-order valence-corrected chi connectivity index (χ0v) is 54.9. The summed E-state index contributed by atoms with van der Waals surface area (Å²) in [6, 6.07) is 11.9. The van der Waals surface area contributed by atoms with Gasteiger partial charge >= 0.3 is 0 Å². The first-order chi connectivity index (χ1) is 41.4. The number of nitrogens with zero attached hydrogens (tertiary/aromatic N) is 1. The molecule has 0 spiro atoms. The number of hydrogen-bond donors (Lipinski definition) is 11. The SMILES string of the molecule is CCCCCCCC[C@H](NC(=O)C(C)(C)NC(=O)C(C)(C)NC(=O)[C@H](Cc1ccc(-c2ccccc2)cc1)NC(=O)[C@@H]1CCCN1C(=O)CCC)C(=O)N[C@@H](CC(C)C)C(=O)NC(C)(C)C(=O)N[C@@H](CC(C)C)C(=O)NCCC(=O)N[C@@H](C)CNCCO. The van der Waals surface area contributed by atoms with Gasteiger partial charge in [-0.15, -0.1) is 0 Å². The first-order valence-electron chi connectivity index (χ1n) is 32.0. The van der Waals surface area contributed by atoms with Crippen molar-refractivity contribution in [2.75, 3.05) is 32.8 Å². The molecule has 2 aromatic rings. The Kier molecular flexibility index (Phi) is 31.8. The molecule has 0 aromatic heterocycles. The minimum Gasteiger partial charge on any atom is -0.395 e. The van der Waals surface area contributed by atoms with Crippen molar-refractivity contribution in [1.82, 2.24) is 58.1 Å². The maximum atomic E-state index is 14.5. The second-order valence-electron chi connectivity index (χ2n) is 26.0. The van der Waals surface area contributed by atoms with Gasteiger partial charge in [0, 0.05) is 51.5 Å². The summed E-state index contributed by atoms with van der Waals surface area (Å²) >= 11 is 0. The molecule has 1 heterocycles. The topological polar surface area (TPSA) is 314 Å². The minimum atomic E-state index is -1.67. The summed E-state index contributed by atoms with van der Waals surface area (Å²) in [5.41, 5.74) is -2.24. The molecule has 6 atom stereocenters. The zero-order valence-electron chi connectivity index (χ0n) is 54.9. The number of aliphatic hydroxyl groups is 1. The Hall–Kier alpha value is -6.94. The Morgan fingerprint density at radius 3 is 1.69 bits per heavy atom. The second kappa shape index (κ2) is 37.2. The van der Waals surface area contributed by atoms with Gasteiger partial charge < -0.3 is 63.2 Å². The van der Waals surface area contributed by atoms with E-state index in [1.807, 2.05) is 96.1 Å². The number of unbranched alkanes of at least 4 members (excludes halogenated alkanes) is 5. The molecular weight excluding hydrogens is 1120 g/mol. The highest BCUT2D eigenvalue weighted by molar-refractivity contribution is 6.00. The van der Waals surface area contributed by atoms with Crippen LogP contribution in [0.25, 0.3) is 11.1 Å². The van der Waals surface area contributed by atoms with Gasteiger partial charge in [0.2, 0.25) is 59.1 Å². The molecule has 10 amide bonds. The highest BCUT2D eigenvalue weighted by atomic mass is 16.3. The fourth-order valence-corrected chi connectivity index (χ4v) is 10.2. The Morgan fingerprint density at radius 2 is 1.10 bits per heavy atom. The van der Waals surface area contributed by atoms with Gasteiger partial charge in [0.05, 0.1) is 6.61 Å². The Morgan fingerprint density at radius 1 is 0.557 bits per heavy atom. The second-order valence-corrected chi connectivity index (χ2v) is 26.0. The van der Waals surface area contributed by atoms with Crippen molar-refractivity contribution < 1.29 is 53.1 Å². The molecular formula is C66H107N11O11. The van der Waals surface area contributed by atoms with E-state index < -0.39 is 94.1 Å². The average Bonchev–Trinajstić information content (AvgIpc) is 3.79. The van der Waals surface area contributed by atoms with E-state index in [-0.39, 0.29) is 81.4 Å². The van der Waals surface area contributed by atoms with Crippen LogP contribution in [0.2, 0.25) is 0 Å². The van der Waals surface area contributed by atoms with Crippen LogP contribution in [0.1, 0.15) is 185 Å². The van der Waals surface area contributed by atoms with Crippen LogP contribution in [-0.4, -0.2) is 155 Å². The third-order valence-electron chi connectivity index (χ3n) is 15.4. The van der Waals surface area contributed by atoms with E-state index in [2.05, 4.69) is 60.1 Å². The summed E-state index contributed by atoms with van der Waals surface area (Å²) in [5, 5.41) is 37.3. The predicted octanol–water partition coefficient (Wildman–Crippen LogP) is 4.75. The van der Waals surface area contributed by atoms with E-state index in [0.717, 1.165) is 48.8 Å². The van der Waals surface area contributed by atoms with Gasteiger partial charge in [-0.05, 0) is 116 Å². The van der Waals surface area contributed by atoms with E-state index in [4.69, 9.17) is 5.11 Å². The van der Waals surface area contributed by atoms with Crippen molar-refractivity contribution in [3.8, 4) is 11.1 Å². The summed E-state index contributed by atoms with van der Waals surface area (Å²) in [6.07, 6.45) is 7.90. The molecule has 1 aliphatic heterocycles. The minimum absolute atomic E-state index is 0.00908. The van der Waals surface area contributed by atoms with Crippen molar-refractivity contribution in [3.05, 3.63) is 60.2 Å². The molecule has 3 rings (SSSR count). The number of rotatable bonds is 39. The molecule has 11 N–H and O–H groups in total. The van der Waals surface area contributed by atoms with E-state index in [1.165, 1.54) is 41.5 Å². The van der Waals surface area contributed by atoms with Crippen molar-refractivity contribution in [2.45, 2.75) is 239 Å². The summed E-state index contributed by atoms with van der Waals surface area (Å²) in [6.45, 7) is 23.4. The largest absolute Gasteiger partial charge is 0.395 e. The lowest BCUT2D eigenvalue weighted by molar-refractivity contribution is -0.140. The molecule has 22 heteroatoms. The van der Waals surface area contributed by atoms with Crippen LogP contribution in [0.3, 0.4) is 0 Å². The lowest BCUT2D eigenvalue weighted by Crippen LogP contribution is -2.66. The Labute approximate surface area is 523 Å². The molecule has 0 unspecified atom stereocenters. The lowest BCUT2D eigenvalue weighted by atomic mass is 9.96. The molecule has 22 nitrogen and oxygen atoms in total. The number of benzene rings is 2. The quantitative estimate of drug-likeness (QED) is 0.0405. The number of nitrogens with one attached hydrogen (secondary N) is 10. The Balaban J connectivity index is 1.80. The van der Waals surface area contributed by atoms with Crippen molar-refractivity contribution in [1.29, 1.82) is 0 Å². The number of hydrogen-bond acceptors (Lipinski definition) is 12. The molecule has 0 bridgehead atoms. The van der Waals surface area contributed by atoms with Crippen LogP contribution < -0.4 is 53.2 Å². The van der Waals surface area contributed by atoms with Gasteiger partial charge in [0.25, 0.3) is 0 Å². The van der Waals surface area contributed by atoms with Crippen LogP contribution in [-0.2, 0) is 54.4 Å². The molecule has 1 saturated heterocycles. The van der Waals surface area contributed by atoms with Crippen LogP contribution >= 0.6 is 0 Å². The average molecular weight is 1230 g/mol. The first kappa shape index (κ1) is 75.3. The van der Waals surface area contributed by atoms with E-state index in [0.29, 0.717) is 45.3 Å². The van der Waals surface area contributed by atoms with E-state index in [9.17, 15) is 47.9 Å². The number of likely N-dealkylation sites (tertiary alicyclic amines) is 1. The highest BCUT2D eigenvalue weighted by Crippen LogP contribution is 2.23. The molecule has 0 saturated carbocycles. The van der Waals surface area contributed by atoms with E-state index >= 15 is 0 Å². The lowest BCUT2D eigenvalue weighted by Gasteiger charge is -2.34. The van der Waals surface area contributed by atoms with Gasteiger partial charge in [-0.25, -0.2) is 0 Å². The summed E-state index contributed by atoms with van der Waals surface area (Å²) in [4.78, 5) is 141. The molecule has 1 aliphatic rings. The normalized spacial score (nSPS) is 15.2. The summed E-state index contributed by atoms with van der Waals surface area (Å²) in [7, 11) is 0. The van der Waals surface area contributed by atoms with Gasteiger partial charge in [0.1, 0.15) is 46.8 Å². The first-order valence-corrected chi connectivity index (χ1v) is 32.0. The molecule has 0 aliphatic carbocycles. The van der Waals surface area contributed by atoms with Gasteiger partial charge in [-0.2, -0.15) is 0 Å². The van der Waals surface area contributed by atoms with Crippen LogP contribution in [0.5, 0.6) is 0 Å². The van der Waals surface area contributed by atoms with Crippen molar-refractivity contribution in [2.24, 2.45) is 11.8 Å². The fraction of sp³-hybridized carbons (Fsp3) is 0.667. The summed E-state index contributed by atoms with van der Waals surface area (Å²) in [5.74, 6) is -5.69. The molecule has 2 aromatic carbocycles. The molecule has 492 valence electrons. The predicted molar refractivity (Wildman–Crippen MR) is 342 cm³/mol. The van der Waals surface area contributed by atoms with E-state index in [1.54, 1.807) is 4.90 Å². The monoisotopic (exact) mass is 1230 g/mol. The van der Waals surface area contributed by atoms with Gasteiger partial charge in [-0.3, -0.25) is 47.9 Å². The summed E-state index contributed by atoms with van der Waals surface area (Å²) < 4.78 is 0. The van der Waals surface area contributed by atoms with Gasteiger partial charge in [-0.1, -0.05) is 135 Å². The molecule has 0 radical (unpaired) electrons. The van der Waals surface area contributed by atoms with Gasteiger partial charge in [0.15, 0.2) is 0 Å². The third kappa shape index (κ3) is 26.0. The maximum Gasteiger partial charge on any atom is 0.246 e. The number of aliphatic hydroxyl groups excluding tert-OH is 1. The third-order valence-corrected chi connectivity index (χ3v) is 15.4. The van der Waals surface area contributed by atoms with Crippen molar-refractivity contribution in [3.63, 3.8) is 0 Å². The van der Waals surface area contributed by atoms with Crippen LogP contribution in [0.4, 0.5) is 0 Å². The standard InChI is InChI=1S/C66H107N11O11/c1-14-16-17-18-19-23-28-49(57(82)70-51(40-44(5)6)58(83)74-64(8,9)61(86)73-50(39-43(3)4)56(81)68-35-34-54(79)69-45(7)42-67-36-38-78)72-62(87)65(10,11)76-63(88)66(12,13)75-59(84)52(71-60(85)53-29-24-37-77(53)55(80)25-15-2)41-46-30-32-48(33-31-46)47-26-21-20-22-27-47/h20-22,26-27,30-33,43-45,49-53,67,78H,14-19,23-25,28-29,34-42H2,1-13H3,(H,68,81)(H,69,79)(H,70,82)(H,71,85)(H,72,87)(H,73,86)(H,74,83)(H,75,84)(H,76,88)/t45-,49-,50-,51-,52-,53-/m0/s1. The number of carbonyl (C=O) groups excluding carboxylic acids is 10. The maximum absolute atomic E-state index is 14.5. The van der Waals surface area contributed by atoms with Crippen LogP contribution in [0, 0.1) is 11.8 Å².